The molecule has 0 aliphatic heterocycles. The molecule has 2 heteroatoms. The maximum Gasteiger partial charge on any atom is 0.143 e. The van der Waals surface area contributed by atoms with Gasteiger partial charge in [0.2, 0.25) is 0 Å². The molecule has 0 N–H and O–H groups in total. The third-order valence-corrected chi connectivity index (χ3v) is 9.80. The van der Waals surface area contributed by atoms with Gasteiger partial charge < -0.3 is 9.32 Å². The van der Waals surface area contributed by atoms with Crippen molar-refractivity contribution in [2.75, 3.05) is 4.90 Å². The fourth-order valence-electron chi connectivity index (χ4n) is 7.45. The SMILES string of the molecule is C=CC1=C(/C=C\C)C(C)(C)c2cc(N(c3ccc(-c4ccccc4)cc3)c3ccccc3-c3cccc4c3oc3ccccc34)ccc21. The number of hydrogen-bond acceptors (Lipinski definition) is 2. The van der Waals surface area contributed by atoms with Gasteiger partial charge in [0.05, 0.1) is 5.69 Å². The van der Waals surface area contributed by atoms with Crippen LogP contribution in [0.5, 0.6) is 0 Å². The van der Waals surface area contributed by atoms with Gasteiger partial charge in [-0.05, 0) is 76.7 Å². The van der Waals surface area contributed by atoms with E-state index in [0.29, 0.717) is 0 Å². The van der Waals surface area contributed by atoms with Crippen LogP contribution in [-0.4, -0.2) is 0 Å². The third-order valence-electron chi connectivity index (χ3n) is 9.80. The summed E-state index contributed by atoms with van der Waals surface area (Å²) in [4.78, 5) is 2.39. The predicted molar refractivity (Wildman–Crippen MR) is 204 cm³/mol. The first-order chi connectivity index (χ1) is 23.5. The minimum absolute atomic E-state index is 0.177. The molecule has 8 rings (SSSR count). The molecule has 1 aliphatic carbocycles. The van der Waals surface area contributed by atoms with Gasteiger partial charge in [-0.25, -0.2) is 0 Å². The van der Waals surface area contributed by atoms with Crippen molar-refractivity contribution in [1.29, 1.82) is 0 Å². The fraction of sp³-hybridized carbons (Fsp3) is 0.0870. The Bertz CT molecular complexity index is 2390. The monoisotopic (exact) mass is 619 g/mol. The second kappa shape index (κ2) is 11.7. The number of anilines is 3. The molecule has 6 aromatic carbocycles. The lowest BCUT2D eigenvalue weighted by Gasteiger charge is -2.30. The van der Waals surface area contributed by atoms with E-state index >= 15 is 0 Å². The Morgan fingerprint density at radius 2 is 1.29 bits per heavy atom. The van der Waals surface area contributed by atoms with Crippen LogP contribution in [-0.2, 0) is 5.41 Å². The van der Waals surface area contributed by atoms with Crippen molar-refractivity contribution in [1.82, 2.24) is 0 Å². The Labute approximate surface area is 282 Å². The summed E-state index contributed by atoms with van der Waals surface area (Å²) >= 11 is 0. The average Bonchev–Trinajstić information content (AvgIpc) is 3.61. The van der Waals surface area contributed by atoms with Gasteiger partial charge in [0.1, 0.15) is 11.2 Å². The van der Waals surface area contributed by atoms with Crippen molar-refractivity contribution in [3.05, 3.63) is 181 Å². The van der Waals surface area contributed by atoms with Crippen molar-refractivity contribution in [3.8, 4) is 22.3 Å². The van der Waals surface area contributed by atoms with Crippen LogP contribution in [0.15, 0.2) is 174 Å². The average molecular weight is 620 g/mol. The number of fused-ring (bicyclic) bond motifs is 4. The summed E-state index contributed by atoms with van der Waals surface area (Å²) in [6.45, 7) is 10.9. The van der Waals surface area contributed by atoms with Crippen LogP contribution in [0.1, 0.15) is 31.9 Å². The van der Waals surface area contributed by atoms with Crippen molar-refractivity contribution in [3.63, 3.8) is 0 Å². The molecule has 1 aliphatic rings. The lowest BCUT2D eigenvalue weighted by Crippen LogP contribution is -2.18. The van der Waals surface area contributed by atoms with Crippen LogP contribution < -0.4 is 4.90 Å². The Morgan fingerprint density at radius 1 is 0.625 bits per heavy atom. The Hall–Kier alpha value is -5.86. The number of allylic oxidation sites excluding steroid dienone is 5. The number of benzene rings is 6. The molecular weight excluding hydrogens is 583 g/mol. The molecule has 1 aromatic heterocycles. The van der Waals surface area contributed by atoms with E-state index < -0.39 is 0 Å². The third kappa shape index (κ3) is 4.72. The van der Waals surface area contributed by atoms with Crippen LogP contribution in [0.25, 0.3) is 49.8 Å². The van der Waals surface area contributed by atoms with Crippen LogP contribution in [0, 0.1) is 0 Å². The Kier molecular flexibility index (Phi) is 7.22. The second-order valence-electron chi connectivity index (χ2n) is 12.9. The van der Waals surface area contributed by atoms with E-state index in [4.69, 9.17) is 4.42 Å². The van der Waals surface area contributed by atoms with Gasteiger partial charge in [-0.2, -0.15) is 0 Å². The molecule has 232 valence electrons. The highest BCUT2D eigenvalue weighted by Gasteiger charge is 2.36. The van der Waals surface area contributed by atoms with Gasteiger partial charge in [-0.15, -0.1) is 0 Å². The zero-order valence-electron chi connectivity index (χ0n) is 27.6. The predicted octanol–water partition coefficient (Wildman–Crippen LogP) is 13.2. The number of para-hydroxylation sites is 3. The molecule has 0 radical (unpaired) electrons. The van der Waals surface area contributed by atoms with Gasteiger partial charge in [-0.3, -0.25) is 0 Å². The van der Waals surface area contributed by atoms with Gasteiger partial charge in [0.25, 0.3) is 0 Å². The lowest BCUT2D eigenvalue weighted by molar-refractivity contribution is 0.654. The number of rotatable bonds is 7. The van der Waals surface area contributed by atoms with Crippen molar-refractivity contribution in [2.45, 2.75) is 26.2 Å². The van der Waals surface area contributed by atoms with Crippen molar-refractivity contribution in [2.24, 2.45) is 0 Å². The van der Waals surface area contributed by atoms with E-state index in [-0.39, 0.29) is 5.41 Å². The molecular formula is C46H37NO. The minimum atomic E-state index is -0.177. The molecule has 2 nitrogen and oxygen atoms in total. The highest BCUT2D eigenvalue weighted by molar-refractivity contribution is 6.10. The zero-order valence-corrected chi connectivity index (χ0v) is 27.6. The quantitative estimate of drug-likeness (QED) is 0.176. The van der Waals surface area contributed by atoms with Gasteiger partial charge in [-0.1, -0.05) is 142 Å². The number of nitrogens with zero attached hydrogens (tertiary/aromatic N) is 1. The normalized spacial score (nSPS) is 13.8. The summed E-state index contributed by atoms with van der Waals surface area (Å²) in [7, 11) is 0. The zero-order chi connectivity index (χ0) is 32.8. The number of hydrogen-bond donors (Lipinski definition) is 0. The highest BCUT2D eigenvalue weighted by Crippen LogP contribution is 2.50. The van der Waals surface area contributed by atoms with E-state index in [1.165, 1.54) is 33.4 Å². The molecule has 48 heavy (non-hydrogen) atoms. The van der Waals surface area contributed by atoms with E-state index in [1.54, 1.807) is 0 Å². The molecule has 7 aromatic rings. The standard InChI is InChI=1S/C46H37NO/c1-5-15-41-35(6-2)36-29-28-34(30-42(36)46(41,3)4)47(33-26-24-32(25-27-33)31-16-8-7-9-17-31)43-22-12-10-18-37(43)39-20-14-21-40-38-19-11-13-23-44(38)48-45(39)40/h5-30H,2H2,1,3-4H3/b15-5-. The van der Waals surface area contributed by atoms with Crippen molar-refractivity contribution >= 4 is 44.6 Å². The fourth-order valence-corrected chi connectivity index (χ4v) is 7.45. The summed E-state index contributed by atoms with van der Waals surface area (Å²) in [5.74, 6) is 0. The first-order valence-corrected chi connectivity index (χ1v) is 16.6. The Morgan fingerprint density at radius 3 is 2.08 bits per heavy atom. The molecule has 0 atom stereocenters. The summed E-state index contributed by atoms with van der Waals surface area (Å²) in [5.41, 5.74) is 14.5. The van der Waals surface area contributed by atoms with Crippen molar-refractivity contribution < 1.29 is 4.42 Å². The number of furan rings is 1. The first kappa shape index (κ1) is 29.5. The van der Waals surface area contributed by atoms with Gasteiger partial charge in [0.15, 0.2) is 0 Å². The molecule has 0 amide bonds. The second-order valence-corrected chi connectivity index (χ2v) is 12.9. The largest absolute Gasteiger partial charge is 0.455 e. The van der Waals surface area contributed by atoms with Crippen LogP contribution in [0.2, 0.25) is 0 Å². The van der Waals surface area contributed by atoms with E-state index in [9.17, 15) is 0 Å². The van der Waals surface area contributed by atoms with E-state index in [1.807, 2.05) is 18.2 Å². The summed E-state index contributed by atoms with van der Waals surface area (Å²) in [5, 5.41) is 2.25. The maximum atomic E-state index is 6.56. The molecule has 0 saturated carbocycles. The summed E-state index contributed by atoms with van der Waals surface area (Å²) in [6.07, 6.45) is 6.37. The van der Waals surface area contributed by atoms with E-state index in [0.717, 1.165) is 50.1 Å². The Balaban J connectivity index is 1.34. The molecule has 0 unspecified atom stereocenters. The summed E-state index contributed by atoms with van der Waals surface area (Å²) < 4.78 is 6.56. The molecule has 0 bridgehead atoms. The van der Waals surface area contributed by atoms with E-state index in [2.05, 4.69) is 172 Å². The van der Waals surface area contributed by atoms with Crippen LogP contribution >= 0.6 is 0 Å². The van der Waals surface area contributed by atoms with Crippen LogP contribution in [0.3, 0.4) is 0 Å². The molecule has 1 heterocycles. The molecule has 0 spiro atoms. The first-order valence-electron chi connectivity index (χ1n) is 16.6. The summed E-state index contributed by atoms with van der Waals surface area (Å²) in [6, 6.07) is 49.8. The molecule has 0 saturated heterocycles. The van der Waals surface area contributed by atoms with Crippen LogP contribution in [0.4, 0.5) is 17.1 Å². The van der Waals surface area contributed by atoms with Gasteiger partial charge in [0, 0.05) is 38.7 Å². The smallest absolute Gasteiger partial charge is 0.143 e. The minimum Gasteiger partial charge on any atom is -0.455 e. The lowest BCUT2D eigenvalue weighted by atomic mass is 9.80. The maximum absolute atomic E-state index is 6.56. The highest BCUT2D eigenvalue weighted by atomic mass is 16.3. The topological polar surface area (TPSA) is 16.4 Å². The molecule has 0 fully saturated rings. The van der Waals surface area contributed by atoms with Gasteiger partial charge >= 0.3 is 0 Å².